The van der Waals surface area contributed by atoms with Gasteiger partial charge in [-0.3, -0.25) is 4.79 Å². The Morgan fingerprint density at radius 1 is 0.927 bits per heavy atom. The van der Waals surface area contributed by atoms with Gasteiger partial charge in [-0.2, -0.15) is 0 Å². The first-order valence-corrected chi connectivity index (χ1v) is 14.9. The number of amides is 1. The number of carbonyl (C=O) groups is 2. The Kier molecular flexibility index (Phi) is 10.5. The van der Waals surface area contributed by atoms with Crippen molar-refractivity contribution in [2.45, 2.75) is 10.8 Å². The monoisotopic (exact) mass is 583 g/mol. The van der Waals surface area contributed by atoms with Gasteiger partial charge in [0.05, 0.1) is 11.9 Å². The van der Waals surface area contributed by atoms with E-state index in [1.807, 2.05) is 79.7 Å². The van der Waals surface area contributed by atoms with Crippen molar-refractivity contribution in [2.75, 3.05) is 31.9 Å². The van der Waals surface area contributed by atoms with Crippen LogP contribution < -0.4 is 10.2 Å². The van der Waals surface area contributed by atoms with Crippen LogP contribution in [0.25, 0.3) is 6.08 Å². The quantitative estimate of drug-likeness (QED) is 0.0932. The van der Waals surface area contributed by atoms with Gasteiger partial charge < -0.3 is 15.0 Å². The van der Waals surface area contributed by atoms with Gasteiger partial charge in [0, 0.05) is 37.0 Å². The minimum Gasteiger partial charge on any atom is -0.467 e. The third-order valence-electron chi connectivity index (χ3n) is 6.32. The van der Waals surface area contributed by atoms with E-state index in [0.29, 0.717) is 0 Å². The minimum absolute atomic E-state index is 0.287. The summed E-state index contributed by atoms with van der Waals surface area (Å²) in [7, 11) is 5.22. The Bertz CT molecular complexity index is 1370. The number of esters is 1. The molecule has 8 heteroatoms. The lowest BCUT2D eigenvalue weighted by molar-refractivity contribution is -0.143. The van der Waals surface area contributed by atoms with Crippen LogP contribution in [0.2, 0.25) is 0 Å². The van der Waals surface area contributed by atoms with E-state index in [-0.39, 0.29) is 11.7 Å². The second-order valence-electron chi connectivity index (χ2n) is 9.33. The van der Waals surface area contributed by atoms with Crippen molar-refractivity contribution in [3.05, 3.63) is 137 Å². The topological polar surface area (TPSA) is 71.5 Å². The number of aromatic nitrogens is 1. The maximum absolute atomic E-state index is 12.8. The summed E-state index contributed by atoms with van der Waals surface area (Å²) in [5.41, 5.74) is 3.22. The maximum atomic E-state index is 12.8. The second kappa shape index (κ2) is 14.5. The summed E-state index contributed by atoms with van der Waals surface area (Å²) in [6.45, 7) is 0. The number of nitrogens with zero attached hydrogens (tertiary/aromatic N) is 2. The standard InChI is InChI=1S/C33H33N3O3S2/c1-36(2)32-34-23-28(41-32)21-13-14-22-30(37)35-29(31(38)39-3)24-40-33(25-15-7-4-8-16-25,26-17-9-5-10-18-26)27-19-11-6-12-20-27/h4-23,29H,24H2,1-3H3,(H,35,37)/b21-13+,22-14+. The van der Waals surface area contributed by atoms with Crippen LogP contribution in [0.4, 0.5) is 5.13 Å². The molecule has 0 spiro atoms. The molecule has 0 fully saturated rings. The van der Waals surface area contributed by atoms with Crippen molar-refractivity contribution in [1.29, 1.82) is 0 Å². The Morgan fingerprint density at radius 2 is 1.46 bits per heavy atom. The second-order valence-corrected chi connectivity index (χ2v) is 11.6. The first-order valence-electron chi connectivity index (χ1n) is 13.1. The molecule has 210 valence electrons. The first kappa shape index (κ1) is 29.8. The number of nitrogens with one attached hydrogen (secondary N) is 1. The molecule has 0 saturated carbocycles. The van der Waals surface area contributed by atoms with Crippen molar-refractivity contribution < 1.29 is 14.3 Å². The summed E-state index contributed by atoms with van der Waals surface area (Å²) in [5, 5.41) is 3.75. The normalized spacial score (nSPS) is 12.4. The van der Waals surface area contributed by atoms with Crippen LogP contribution in [0.1, 0.15) is 21.6 Å². The summed E-state index contributed by atoms with van der Waals surface area (Å²) < 4.78 is 4.46. The highest BCUT2D eigenvalue weighted by Gasteiger charge is 2.38. The largest absolute Gasteiger partial charge is 0.467 e. The van der Waals surface area contributed by atoms with Gasteiger partial charge in [-0.15, -0.1) is 11.8 Å². The highest BCUT2D eigenvalue weighted by molar-refractivity contribution is 8.00. The lowest BCUT2D eigenvalue weighted by Gasteiger charge is -2.36. The van der Waals surface area contributed by atoms with Crippen molar-refractivity contribution in [3.63, 3.8) is 0 Å². The highest BCUT2D eigenvalue weighted by atomic mass is 32.2. The van der Waals surface area contributed by atoms with Crippen LogP contribution in [0.15, 0.2) is 115 Å². The number of carbonyl (C=O) groups excluding carboxylic acids is 2. The third kappa shape index (κ3) is 7.54. The van der Waals surface area contributed by atoms with Gasteiger partial charge in [0.15, 0.2) is 5.13 Å². The molecule has 41 heavy (non-hydrogen) atoms. The summed E-state index contributed by atoms with van der Waals surface area (Å²) in [4.78, 5) is 33.0. The molecule has 1 unspecified atom stereocenters. The van der Waals surface area contributed by atoms with Crippen molar-refractivity contribution >= 4 is 46.2 Å². The SMILES string of the molecule is COC(=O)C(CSC(c1ccccc1)(c1ccccc1)c1ccccc1)NC(=O)/C=C/C=C/c1cnc(N(C)C)s1. The number of hydrogen-bond donors (Lipinski definition) is 1. The molecule has 4 aromatic rings. The van der Waals surface area contributed by atoms with E-state index in [9.17, 15) is 9.59 Å². The molecule has 1 N–H and O–H groups in total. The molecular weight excluding hydrogens is 551 g/mol. The Hall–Kier alpha value is -4.14. The van der Waals surface area contributed by atoms with Crippen LogP contribution >= 0.6 is 23.1 Å². The van der Waals surface area contributed by atoms with Gasteiger partial charge in [-0.05, 0) is 22.8 Å². The molecule has 0 saturated heterocycles. The van der Waals surface area contributed by atoms with Crippen LogP contribution in [0, 0.1) is 0 Å². The summed E-state index contributed by atoms with van der Waals surface area (Å²) in [5.74, 6) is -0.595. The number of allylic oxidation sites excluding steroid dienone is 2. The van der Waals surface area contributed by atoms with E-state index < -0.39 is 16.8 Å². The van der Waals surface area contributed by atoms with E-state index in [1.54, 1.807) is 41.4 Å². The van der Waals surface area contributed by atoms with Crippen LogP contribution in [0.3, 0.4) is 0 Å². The molecule has 3 aromatic carbocycles. The average molecular weight is 584 g/mol. The van der Waals surface area contributed by atoms with E-state index in [2.05, 4.69) is 46.7 Å². The fourth-order valence-corrected chi connectivity index (χ4v) is 6.66. The number of methoxy groups -OCH3 is 1. The number of ether oxygens (including phenoxy) is 1. The average Bonchev–Trinajstić information content (AvgIpc) is 3.50. The maximum Gasteiger partial charge on any atom is 0.329 e. The van der Waals surface area contributed by atoms with Gasteiger partial charge >= 0.3 is 5.97 Å². The summed E-state index contributed by atoms with van der Waals surface area (Å²) >= 11 is 3.14. The lowest BCUT2D eigenvalue weighted by Crippen LogP contribution is -2.43. The predicted molar refractivity (Wildman–Crippen MR) is 170 cm³/mol. The number of thioether (sulfide) groups is 1. The number of hydrogen-bond acceptors (Lipinski definition) is 7. The first-order chi connectivity index (χ1) is 19.9. The van der Waals surface area contributed by atoms with Crippen molar-refractivity contribution in [2.24, 2.45) is 0 Å². The highest BCUT2D eigenvalue weighted by Crippen LogP contribution is 2.48. The van der Waals surface area contributed by atoms with E-state index in [1.165, 1.54) is 13.2 Å². The molecule has 0 radical (unpaired) electrons. The van der Waals surface area contributed by atoms with Crippen LogP contribution in [0.5, 0.6) is 0 Å². The molecule has 0 aliphatic heterocycles. The molecule has 1 aromatic heterocycles. The molecular formula is C33H33N3O3S2. The summed E-state index contributed by atoms with van der Waals surface area (Å²) in [6.07, 6.45) is 8.50. The lowest BCUT2D eigenvalue weighted by atomic mass is 9.84. The molecule has 0 bridgehead atoms. The molecule has 4 rings (SSSR count). The van der Waals surface area contributed by atoms with Gasteiger partial charge in [0.2, 0.25) is 5.91 Å². The fourth-order valence-electron chi connectivity index (χ4n) is 4.36. The fraction of sp³-hybridized carbons (Fsp3) is 0.182. The Balaban J connectivity index is 1.57. The molecule has 0 aliphatic carbocycles. The number of thiazole rings is 1. The zero-order valence-corrected chi connectivity index (χ0v) is 24.9. The van der Waals surface area contributed by atoms with Crippen LogP contribution in [-0.4, -0.2) is 49.9 Å². The van der Waals surface area contributed by atoms with Gasteiger partial charge in [0.25, 0.3) is 0 Å². The number of rotatable bonds is 12. The van der Waals surface area contributed by atoms with Gasteiger partial charge in [-0.25, -0.2) is 9.78 Å². The molecule has 6 nitrogen and oxygen atoms in total. The molecule has 1 atom stereocenters. The Morgan fingerprint density at radius 3 is 1.93 bits per heavy atom. The van der Waals surface area contributed by atoms with Gasteiger partial charge in [-0.1, -0.05) is 114 Å². The van der Waals surface area contributed by atoms with Gasteiger partial charge in [0.1, 0.15) is 6.04 Å². The number of anilines is 1. The third-order valence-corrected chi connectivity index (χ3v) is 9.09. The zero-order valence-electron chi connectivity index (χ0n) is 23.3. The van der Waals surface area contributed by atoms with Crippen molar-refractivity contribution in [3.8, 4) is 0 Å². The predicted octanol–water partition coefficient (Wildman–Crippen LogP) is 6.16. The van der Waals surface area contributed by atoms with Crippen molar-refractivity contribution in [1.82, 2.24) is 10.3 Å². The Labute approximate surface area is 249 Å². The minimum atomic E-state index is -0.856. The van der Waals surface area contributed by atoms with E-state index in [4.69, 9.17) is 4.74 Å². The summed E-state index contributed by atoms with van der Waals surface area (Å²) in [6, 6.07) is 29.8. The van der Waals surface area contributed by atoms with E-state index >= 15 is 0 Å². The van der Waals surface area contributed by atoms with Crippen LogP contribution in [-0.2, 0) is 19.1 Å². The smallest absolute Gasteiger partial charge is 0.329 e. The van der Waals surface area contributed by atoms with E-state index in [0.717, 1.165) is 26.7 Å². The zero-order chi connectivity index (χ0) is 29.1. The molecule has 1 amide bonds. The molecule has 1 heterocycles. The number of benzene rings is 3. The molecule has 0 aliphatic rings.